The summed E-state index contributed by atoms with van der Waals surface area (Å²) in [5, 5.41) is 17.4. The van der Waals surface area contributed by atoms with Gasteiger partial charge >= 0.3 is 12.2 Å². The van der Waals surface area contributed by atoms with Crippen molar-refractivity contribution in [3.8, 4) is 28.3 Å². The largest absolute Gasteiger partial charge is 0.449 e. The third-order valence-corrected chi connectivity index (χ3v) is 13.9. The van der Waals surface area contributed by atoms with Gasteiger partial charge in [-0.15, -0.1) is 0 Å². The molecule has 0 radical (unpaired) electrons. The van der Waals surface area contributed by atoms with Crippen LogP contribution in [0.1, 0.15) is 88.5 Å². The Labute approximate surface area is 383 Å². The molecule has 3 unspecified atom stereocenters. The lowest BCUT2D eigenvalue weighted by molar-refractivity contribution is -0.127. The van der Waals surface area contributed by atoms with Crippen LogP contribution in [-0.2, 0) is 28.1 Å². The molecule has 15 heteroatoms. The van der Waals surface area contributed by atoms with Gasteiger partial charge in [-0.3, -0.25) is 14.5 Å². The Morgan fingerprint density at radius 3 is 1.68 bits per heavy atom. The normalized spacial score (nSPS) is 14.1. The molecule has 0 saturated carbocycles. The molecule has 0 spiro atoms. The average Bonchev–Trinajstić information content (AvgIpc) is 3.80. The van der Waals surface area contributed by atoms with Crippen LogP contribution in [0.2, 0.25) is 0 Å². The molecule has 0 aromatic heterocycles. The van der Waals surface area contributed by atoms with E-state index in [1.54, 1.807) is 0 Å². The summed E-state index contributed by atoms with van der Waals surface area (Å²) in [5.41, 5.74) is 8.64. The fourth-order valence-electron chi connectivity index (χ4n) is 8.59. The summed E-state index contributed by atoms with van der Waals surface area (Å²) in [4.78, 5) is 54.8. The second-order valence-corrected chi connectivity index (χ2v) is 18.1. The molecule has 0 heterocycles. The van der Waals surface area contributed by atoms with Crippen LogP contribution in [0.4, 0.5) is 9.59 Å². The molecule has 0 saturated heterocycles. The summed E-state index contributed by atoms with van der Waals surface area (Å²) in [6.45, 7) is 11.5. The average molecular weight is 905 g/mol. The predicted octanol–water partition coefficient (Wildman–Crippen LogP) is 8.47. The topological polar surface area (TPSA) is 172 Å². The molecule has 4 aromatic rings. The monoisotopic (exact) mass is 904 g/mol. The van der Waals surface area contributed by atoms with Crippen LogP contribution >= 0.6 is 8.53 Å². The number of amides is 4. The molecule has 0 fully saturated rings. The fourth-order valence-corrected chi connectivity index (χ4v) is 10.3. The maximum absolute atomic E-state index is 13.8. The Balaban J connectivity index is 1.06. The molecule has 0 aliphatic heterocycles. The van der Waals surface area contributed by atoms with Gasteiger partial charge in [-0.2, -0.15) is 5.26 Å². The summed E-state index contributed by atoms with van der Waals surface area (Å²) in [6, 6.07) is 34.0. The number of hydrogen-bond acceptors (Lipinski definition) is 10. The van der Waals surface area contributed by atoms with Crippen LogP contribution in [-0.4, -0.2) is 104 Å². The van der Waals surface area contributed by atoms with Crippen LogP contribution in [0.3, 0.4) is 0 Å². The Hall–Kier alpha value is -5.84. The van der Waals surface area contributed by atoms with E-state index in [-0.39, 0.29) is 69.8 Å². The molecule has 0 bridgehead atoms. The summed E-state index contributed by atoms with van der Waals surface area (Å²) in [5.74, 6) is -1.36. The first kappa shape index (κ1) is 48.6. The zero-order chi connectivity index (χ0) is 46.5. The van der Waals surface area contributed by atoms with Crippen molar-refractivity contribution in [2.45, 2.75) is 90.4 Å². The highest BCUT2D eigenvalue weighted by Gasteiger charge is 2.33. The van der Waals surface area contributed by atoms with Crippen LogP contribution < -0.4 is 16.0 Å². The predicted molar refractivity (Wildman–Crippen MR) is 251 cm³/mol. The van der Waals surface area contributed by atoms with Crippen molar-refractivity contribution in [2.24, 2.45) is 0 Å². The molecule has 344 valence electrons. The van der Waals surface area contributed by atoms with E-state index in [2.05, 4.69) is 66.5 Å². The van der Waals surface area contributed by atoms with Gasteiger partial charge in [0, 0.05) is 37.0 Å². The number of alkyl carbamates (subject to hydrolysis) is 1. The second-order valence-electron chi connectivity index (χ2n) is 16.7. The Morgan fingerprint density at radius 1 is 0.708 bits per heavy atom. The number of benzene rings is 4. The van der Waals surface area contributed by atoms with Crippen molar-refractivity contribution in [3.05, 3.63) is 119 Å². The fraction of sp³-hybridized carbons (Fsp3) is 0.420. The molecule has 2 aliphatic rings. The third-order valence-electron chi connectivity index (χ3n) is 11.6. The SMILES string of the molecule is CCC(NC(=O)CNC(=O)CN(CCNC(=O)OCC1c2ccccc2-c2ccccc21)C(=O)OCC1c2ccccc2-c2ccccc21)C(C)OP(OCCC#N)N(C(C)C)C(C)C. The molecule has 6 rings (SSSR count). The first-order chi connectivity index (χ1) is 31.4. The van der Waals surface area contributed by atoms with Crippen molar-refractivity contribution in [1.29, 1.82) is 5.26 Å². The molecule has 3 atom stereocenters. The van der Waals surface area contributed by atoms with Gasteiger partial charge in [-0.1, -0.05) is 104 Å². The Kier molecular flexibility index (Phi) is 17.5. The van der Waals surface area contributed by atoms with Crippen LogP contribution in [0.15, 0.2) is 97.1 Å². The highest BCUT2D eigenvalue weighted by Crippen LogP contribution is 2.48. The van der Waals surface area contributed by atoms with E-state index in [0.717, 1.165) is 44.5 Å². The molecule has 4 aromatic carbocycles. The minimum absolute atomic E-state index is 0.0292. The van der Waals surface area contributed by atoms with E-state index in [1.807, 2.05) is 98.8 Å². The van der Waals surface area contributed by atoms with E-state index < -0.39 is 51.2 Å². The van der Waals surface area contributed by atoms with Crippen molar-refractivity contribution >= 4 is 32.5 Å². The van der Waals surface area contributed by atoms with Crippen LogP contribution in [0, 0.1) is 11.3 Å². The van der Waals surface area contributed by atoms with Crippen molar-refractivity contribution in [2.75, 3.05) is 46.0 Å². The van der Waals surface area contributed by atoms with Gasteiger partial charge in [-0.05, 0) is 85.5 Å². The van der Waals surface area contributed by atoms with E-state index in [1.165, 1.54) is 4.90 Å². The quantitative estimate of drug-likeness (QED) is 0.0514. The van der Waals surface area contributed by atoms with E-state index >= 15 is 0 Å². The summed E-state index contributed by atoms with van der Waals surface area (Å²) in [6.07, 6.45) is -1.10. The standard InChI is InChI=1S/C50H61N6O8P/c1-7-46(35(6)64-65(63-28-16-25-51)56(33(2)3)34(4)5)54-47(57)29-53-48(58)30-55(50(60)62-32-45-42-23-14-10-19-38(42)39-20-11-15-24-43(39)45)27-26-52-49(59)61-31-44-40-21-12-8-17-36(40)37-18-9-13-22-41(37)44/h8-15,17-24,33-35,44-46H,7,16,26-32H2,1-6H3,(H,52,59)(H,53,58)(H,54,57). The number of nitrogens with zero attached hydrogens (tertiary/aromatic N) is 3. The van der Waals surface area contributed by atoms with Crippen LogP contribution in [0.25, 0.3) is 22.3 Å². The number of fused-ring (bicyclic) bond motifs is 6. The second kappa shape index (κ2) is 23.4. The highest BCUT2D eigenvalue weighted by molar-refractivity contribution is 7.44. The zero-order valence-corrected chi connectivity index (χ0v) is 39.0. The van der Waals surface area contributed by atoms with Gasteiger partial charge in [-0.25, -0.2) is 14.3 Å². The number of rotatable bonds is 22. The Morgan fingerprint density at radius 2 is 1.20 bits per heavy atom. The van der Waals surface area contributed by atoms with Gasteiger partial charge in [0.05, 0.1) is 37.8 Å². The summed E-state index contributed by atoms with van der Waals surface area (Å²) in [7, 11) is -1.54. The lowest BCUT2D eigenvalue weighted by Gasteiger charge is -2.38. The van der Waals surface area contributed by atoms with Gasteiger partial charge in [0.2, 0.25) is 11.8 Å². The number of hydrogen-bond donors (Lipinski definition) is 3. The number of nitriles is 1. The summed E-state index contributed by atoms with van der Waals surface area (Å²) < 4.78 is 26.2. The molecule has 2 aliphatic carbocycles. The zero-order valence-electron chi connectivity index (χ0n) is 38.1. The lowest BCUT2D eigenvalue weighted by Crippen LogP contribution is -2.49. The number of nitrogens with one attached hydrogen (secondary N) is 3. The molecule has 14 nitrogen and oxygen atoms in total. The highest BCUT2D eigenvalue weighted by atomic mass is 31.2. The number of carbonyl (C=O) groups excluding carboxylic acids is 4. The molecule has 3 N–H and O–H groups in total. The molecule has 65 heavy (non-hydrogen) atoms. The first-order valence-electron chi connectivity index (χ1n) is 22.4. The van der Waals surface area contributed by atoms with Crippen molar-refractivity contribution in [1.82, 2.24) is 25.5 Å². The van der Waals surface area contributed by atoms with Crippen LogP contribution in [0.5, 0.6) is 0 Å². The van der Waals surface area contributed by atoms with E-state index in [0.29, 0.717) is 6.42 Å². The van der Waals surface area contributed by atoms with Gasteiger partial charge in [0.1, 0.15) is 19.8 Å². The first-order valence-corrected chi connectivity index (χ1v) is 23.5. The maximum Gasteiger partial charge on any atom is 0.410 e. The Bertz CT molecular complexity index is 2220. The van der Waals surface area contributed by atoms with Gasteiger partial charge < -0.3 is 34.5 Å². The minimum atomic E-state index is -1.54. The number of carbonyl (C=O) groups is 4. The van der Waals surface area contributed by atoms with E-state index in [9.17, 15) is 19.2 Å². The minimum Gasteiger partial charge on any atom is -0.449 e. The number of ether oxygens (including phenoxy) is 2. The molecular formula is C50H61N6O8P. The lowest BCUT2D eigenvalue weighted by atomic mass is 9.98. The molecular weight excluding hydrogens is 844 g/mol. The maximum atomic E-state index is 13.8. The van der Waals surface area contributed by atoms with Crippen molar-refractivity contribution < 1.29 is 37.7 Å². The van der Waals surface area contributed by atoms with Gasteiger partial charge in [0.25, 0.3) is 8.53 Å². The van der Waals surface area contributed by atoms with Gasteiger partial charge in [0.15, 0.2) is 0 Å². The van der Waals surface area contributed by atoms with Crippen molar-refractivity contribution in [3.63, 3.8) is 0 Å². The third kappa shape index (κ3) is 12.3. The molecule has 4 amide bonds. The van der Waals surface area contributed by atoms with E-state index in [4.69, 9.17) is 23.8 Å². The summed E-state index contributed by atoms with van der Waals surface area (Å²) >= 11 is 0. The smallest absolute Gasteiger partial charge is 0.410 e.